The lowest BCUT2D eigenvalue weighted by atomic mass is 9.79. The summed E-state index contributed by atoms with van der Waals surface area (Å²) < 4.78 is 0. The standard InChI is InChI=1S/C13H17N3O5/c17-9-6-8(14-12(21)15-9)11(20)16-13(7-10(18)19)4-2-1-3-5-13/h6H,1-5,7H2,(H,16,20)(H,18,19)(H2,14,15,17,21). The number of H-pyrrole nitrogens is 2. The Kier molecular flexibility index (Phi) is 4.25. The van der Waals surface area contributed by atoms with Crippen LogP contribution in [0, 0.1) is 0 Å². The Labute approximate surface area is 119 Å². The molecule has 0 aliphatic heterocycles. The summed E-state index contributed by atoms with van der Waals surface area (Å²) in [5.41, 5.74) is -2.44. The number of aromatic nitrogens is 2. The SMILES string of the molecule is O=C(O)CC1(NC(=O)c2cc(=O)[nH]c(=O)[nH]2)CCCCC1. The van der Waals surface area contributed by atoms with Crippen molar-refractivity contribution in [1.82, 2.24) is 15.3 Å². The summed E-state index contributed by atoms with van der Waals surface area (Å²) in [4.78, 5) is 49.8. The van der Waals surface area contributed by atoms with Crippen LogP contribution in [0.3, 0.4) is 0 Å². The number of aromatic amines is 2. The first-order valence-electron chi connectivity index (χ1n) is 6.78. The van der Waals surface area contributed by atoms with E-state index in [1.54, 1.807) is 0 Å². The molecular weight excluding hydrogens is 278 g/mol. The van der Waals surface area contributed by atoms with E-state index in [4.69, 9.17) is 5.11 Å². The van der Waals surface area contributed by atoms with Crippen LogP contribution in [0.1, 0.15) is 49.0 Å². The zero-order valence-corrected chi connectivity index (χ0v) is 11.4. The number of carbonyl (C=O) groups is 2. The van der Waals surface area contributed by atoms with Crippen molar-refractivity contribution in [3.05, 3.63) is 32.6 Å². The molecule has 1 heterocycles. The topological polar surface area (TPSA) is 132 Å². The summed E-state index contributed by atoms with van der Waals surface area (Å²) in [5.74, 6) is -1.63. The van der Waals surface area contributed by atoms with Crippen molar-refractivity contribution in [2.75, 3.05) is 0 Å². The third kappa shape index (κ3) is 3.80. The fourth-order valence-corrected chi connectivity index (χ4v) is 2.76. The summed E-state index contributed by atoms with van der Waals surface area (Å²) >= 11 is 0. The fraction of sp³-hybridized carbons (Fsp3) is 0.538. The van der Waals surface area contributed by atoms with E-state index >= 15 is 0 Å². The molecule has 4 N–H and O–H groups in total. The molecule has 0 spiro atoms. The second kappa shape index (κ2) is 5.94. The Morgan fingerprint density at radius 1 is 1.19 bits per heavy atom. The predicted octanol–water partition coefficient (Wildman–Crippen LogP) is -0.0294. The first-order chi connectivity index (χ1) is 9.90. The van der Waals surface area contributed by atoms with Crippen LogP contribution in [0.5, 0.6) is 0 Å². The average molecular weight is 295 g/mol. The largest absolute Gasteiger partial charge is 0.481 e. The summed E-state index contributed by atoms with van der Waals surface area (Å²) in [6.07, 6.45) is 3.63. The number of aliphatic carboxylic acids is 1. The molecule has 0 unspecified atom stereocenters. The van der Waals surface area contributed by atoms with E-state index in [-0.39, 0.29) is 12.1 Å². The lowest BCUT2D eigenvalue weighted by molar-refractivity contribution is -0.139. The van der Waals surface area contributed by atoms with Gasteiger partial charge in [-0.1, -0.05) is 19.3 Å². The van der Waals surface area contributed by atoms with Gasteiger partial charge in [0.2, 0.25) is 0 Å². The molecule has 1 amide bonds. The number of carboxylic acid groups (broad SMARTS) is 1. The third-order valence-electron chi connectivity index (χ3n) is 3.68. The number of carboxylic acids is 1. The summed E-state index contributed by atoms with van der Waals surface area (Å²) in [6, 6.07) is 0.980. The van der Waals surface area contributed by atoms with Crippen LogP contribution in [0.15, 0.2) is 15.7 Å². The first-order valence-corrected chi connectivity index (χ1v) is 6.78. The number of amides is 1. The molecule has 21 heavy (non-hydrogen) atoms. The van der Waals surface area contributed by atoms with Gasteiger partial charge in [-0.3, -0.25) is 19.4 Å². The van der Waals surface area contributed by atoms with Crippen molar-refractivity contribution < 1.29 is 14.7 Å². The van der Waals surface area contributed by atoms with Crippen LogP contribution in [-0.2, 0) is 4.79 Å². The second-order valence-corrected chi connectivity index (χ2v) is 5.37. The molecule has 1 aromatic rings. The van der Waals surface area contributed by atoms with Gasteiger partial charge in [-0.15, -0.1) is 0 Å². The Morgan fingerprint density at radius 3 is 2.43 bits per heavy atom. The molecule has 1 aliphatic carbocycles. The minimum absolute atomic E-state index is 0.168. The monoisotopic (exact) mass is 295 g/mol. The quantitative estimate of drug-likeness (QED) is 0.619. The van der Waals surface area contributed by atoms with E-state index in [9.17, 15) is 19.2 Å². The van der Waals surface area contributed by atoms with Crippen molar-refractivity contribution in [3.8, 4) is 0 Å². The smallest absolute Gasteiger partial charge is 0.326 e. The molecule has 1 aromatic heterocycles. The summed E-state index contributed by atoms with van der Waals surface area (Å²) in [6.45, 7) is 0. The minimum Gasteiger partial charge on any atom is -0.481 e. The zero-order chi connectivity index (χ0) is 15.5. The first kappa shape index (κ1) is 15.0. The molecule has 0 radical (unpaired) electrons. The van der Waals surface area contributed by atoms with Crippen LogP contribution in [-0.4, -0.2) is 32.5 Å². The maximum atomic E-state index is 12.2. The number of carbonyl (C=O) groups excluding carboxylic acids is 1. The molecule has 1 fully saturated rings. The van der Waals surface area contributed by atoms with Crippen molar-refractivity contribution >= 4 is 11.9 Å². The highest BCUT2D eigenvalue weighted by Crippen LogP contribution is 2.31. The number of nitrogens with one attached hydrogen (secondary N) is 3. The maximum absolute atomic E-state index is 12.2. The zero-order valence-electron chi connectivity index (χ0n) is 11.4. The van der Waals surface area contributed by atoms with Gasteiger partial charge in [-0.2, -0.15) is 0 Å². The lowest BCUT2D eigenvalue weighted by Crippen LogP contribution is -2.51. The third-order valence-corrected chi connectivity index (χ3v) is 3.68. The van der Waals surface area contributed by atoms with Gasteiger partial charge in [-0.25, -0.2) is 4.79 Å². The second-order valence-electron chi connectivity index (χ2n) is 5.37. The van der Waals surface area contributed by atoms with Crippen molar-refractivity contribution in [2.24, 2.45) is 0 Å². The minimum atomic E-state index is -0.989. The van der Waals surface area contributed by atoms with Gasteiger partial charge < -0.3 is 15.4 Å². The van der Waals surface area contributed by atoms with Crippen LogP contribution >= 0.6 is 0 Å². The van der Waals surface area contributed by atoms with E-state index in [0.717, 1.165) is 25.3 Å². The van der Waals surface area contributed by atoms with Gasteiger partial charge in [0, 0.05) is 6.07 Å². The van der Waals surface area contributed by atoms with Crippen molar-refractivity contribution in [1.29, 1.82) is 0 Å². The molecule has 114 valence electrons. The Morgan fingerprint density at radius 2 is 1.86 bits per heavy atom. The van der Waals surface area contributed by atoms with E-state index in [0.29, 0.717) is 12.8 Å². The van der Waals surface area contributed by atoms with E-state index in [1.807, 2.05) is 4.98 Å². The normalized spacial score (nSPS) is 17.1. The van der Waals surface area contributed by atoms with Gasteiger partial charge in [0.1, 0.15) is 5.69 Å². The highest BCUT2D eigenvalue weighted by Gasteiger charge is 2.36. The Bertz CT molecular complexity index is 626. The summed E-state index contributed by atoms with van der Waals surface area (Å²) in [7, 11) is 0. The molecular formula is C13H17N3O5. The molecule has 1 aliphatic rings. The molecule has 0 aromatic carbocycles. The van der Waals surface area contributed by atoms with Crippen LogP contribution in [0.4, 0.5) is 0 Å². The van der Waals surface area contributed by atoms with E-state index < -0.39 is 28.7 Å². The molecule has 8 nitrogen and oxygen atoms in total. The molecule has 1 saturated carbocycles. The molecule has 0 atom stereocenters. The fourth-order valence-electron chi connectivity index (χ4n) is 2.76. The van der Waals surface area contributed by atoms with Gasteiger partial charge in [0.15, 0.2) is 0 Å². The molecule has 2 rings (SSSR count). The average Bonchev–Trinajstić information content (AvgIpc) is 2.37. The Balaban J connectivity index is 2.23. The number of hydrogen-bond donors (Lipinski definition) is 4. The van der Waals surface area contributed by atoms with Gasteiger partial charge in [0.05, 0.1) is 12.0 Å². The molecule has 8 heteroatoms. The predicted molar refractivity (Wildman–Crippen MR) is 73.2 cm³/mol. The molecule has 0 bridgehead atoms. The highest BCUT2D eigenvalue weighted by molar-refractivity contribution is 5.93. The van der Waals surface area contributed by atoms with Crippen molar-refractivity contribution in [2.45, 2.75) is 44.1 Å². The van der Waals surface area contributed by atoms with Crippen molar-refractivity contribution in [3.63, 3.8) is 0 Å². The lowest BCUT2D eigenvalue weighted by Gasteiger charge is -2.36. The number of rotatable bonds is 4. The molecule has 0 saturated heterocycles. The Hall–Kier alpha value is -2.38. The maximum Gasteiger partial charge on any atom is 0.326 e. The van der Waals surface area contributed by atoms with Crippen LogP contribution in [0.2, 0.25) is 0 Å². The van der Waals surface area contributed by atoms with Crippen LogP contribution in [0.25, 0.3) is 0 Å². The van der Waals surface area contributed by atoms with E-state index in [1.165, 1.54) is 0 Å². The van der Waals surface area contributed by atoms with Gasteiger partial charge in [-0.05, 0) is 12.8 Å². The van der Waals surface area contributed by atoms with Gasteiger partial charge in [0.25, 0.3) is 11.5 Å². The van der Waals surface area contributed by atoms with Gasteiger partial charge >= 0.3 is 11.7 Å². The van der Waals surface area contributed by atoms with E-state index in [2.05, 4.69) is 10.3 Å². The van der Waals surface area contributed by atoms with Crippen LogP contribution < -0.4 is 16.6 Å². The highest BCUT2D eigenvalue weighted by atomic mass is 16.4. The number of hydrogen-bond acceptors (Lipinski definition) is 4. The summed E-state index contributed by atoms with van der Waals surface area (Å²) in [5, 5.41) is 11.7.